The van der Waals surface area contributed by atoms with Crippen molar-refractivity contribution in [2.45, 2.75) is 59.5 Å². The number of hydrogen-bond donors (Lipinski definition) is 0. The van der Waals surface area contributed by atoms with E-state index in [-0.39, 0.29) is 29.5 Å². The first-order valence-electron chi connectivity index (χ1n) is 13.8. The van der Waals surface area contributed by atoms with E-state index in [2.05, 4.69) is 6.92 Å². The van der Waals surface area contributed by atoms with Crippen LogP contribution in [0.25, 0.3) is 11.0 Å². The first-order valence-corrected chi connectivity index (χ1v) is 13.8. The highest BCUT2D eigenvalue weighted by atomic mass is 19.1. The van der Waals surface area contributed by atoms with Gasteiger partial charge in [-0.1, -0.05) is 38.0 Å². The van der Waals surface area contributed by atoms with E-state index in [0.29, 0.717) is 46.8 Å². The number of halogens is 1. The van der Waals surface area contributed by atoms with Gasteiger partial charge in [0, 0.05) is 6.54 Å². The largest absolute Gasteiger partial charge is 0.490 e. The quantitative estimate of drug-likeness (QED) is 0.197. The zero-order chi connectivity index (χ0) is 28.4. The molecule has 0 aliphatic carbocycles. The number of amides is 1. The summed E-state index contributed by atoms with van der Waals surface area (Å²) in [7, 11) is 0. The molecule has 1 aliphatic heterocycles. The molecule has 40 heavy (non-hydrogen) atoms. The number of carbonyl (C=O) groups is 1. The van der Waals surface area contributed by atoms with Crippen LogP contribution in [0.1, 0.15) is 77.5 Å². The number of aryl methyl sites for hydroxylation is 2. The number of ether oxygens (including phenoxy) is 2. The van der Waals surface area contributed by atoms with Crippen molar-refractivity contribution >= 4 is 16.9 Å². The second-order valence-corrected chi connectivity index (χ2v) is 10.3. The van der Waals surface area contributed by atoms with Crippen molar-refractivity contribution in [3.8, 4) is 11.5 Å². The average molecular weight is 544 g/mol. The number of unbranched alkanes of at least 4 members (excludes halogenated alkanes) is 2. The Morgan fingerprint density at radius 1 is 0.900 bits per heavy atom. The van der Waals surface area contributed by atoms with Crippen LogP contribution in [0.3, 0.4) is 0 Å². The molecule has 0 saturated heterocycles. The van der Waals surface area contributed by atoms with Crippen molar-refractivity contribution in [3.63, 3.8) is 0 Å². The molecule has 2 heterocycles. The molecule has 0 N–H and O–H groups in total. The van der Waals surface area contributed by atoms with Crippen molar-refractivity contribution in [1.29, 1.82) is 0 Å². The first-order chi connectivity index (χ1) is 19.3. The fraction of sp³-hybridized carbons (Fsp3) is 0.333. The van der Waals surface area contributed by atoms with Gasteiger partial charge in [-0.2, -0.15) is 0 Å². The van der Waals surface area contributed by atoms with E-state index in [4.69, 9.17) is 13.9 Å². The van der Waals surface area contributed by atoms with Gasteiger partial charge in [-0.25, -0.2) is 4.39 Å². The van der Waals surface area contributed by atoms with E-state index in [1.165, 1.54) is 12.1 Å². The molecule has 1 atom stereocenters. The molecule has 0 spiro atoms. The SMILES string of the molecule is CCCCCOc1ccc(C2c3c(oc4cc(C)c(C)cc4c3=O)C(=O)N2Cc2ccc(F)cc2)cc1OCC. The molecule has 208 valence electrons. The smallest absolute Gasteiger partial charge is 0.291 e. The third-order valence-electron chi connectivity index (χ3n) is 7.44. The van der Waals surface area contributed by atoms with Gasteiger partial charge < -0.3 is 18.8 Å². The molecule has 1 aliphatic rings. The Balaban J connectivity index is 1.64. The van der Waals surface area contributed by atoms with Gasteiger partial charge >= 0.3 is 0 Å². The van der Waals surface area contributed by atoms with Crippen LogP contribution < -0.4 is 14.9 Å². The number of fused-ring (bicyclic) bond motifs is 2. The minimum absolute atomic E-state index is 0.0331. The molecule has 0 fully saturated rings. The first kappa shape index (κ1) is 27.4. The zero-order valence-electron chi connectivity index (χ0n) is 23.4. The lowest BCUT2D eigenvalue weighted by Crippen LogP contribution is -2.29. The van der Waals surface area contributed by atoms with Gasteiger partial charge in [0.15, 0.2) is 16.9 Å². The molecule has 1 unspecified atom stereocenters. The maximum Gasteiger partial charge on any atom is 0.291 e. The van der Waals surface area contributed by atoms with E-state index >= 15 is 0 Å². The minimum atomic E-state index is -0.719. The molecule has 0 bridgehead atoms. The molecule has 7 heteroatoms. The number of carbonyl (C=O) groups excluding carboxylic acids is 1. The molecule has 5 rings (SSSR count). The van der Waals surface area contributed by atoms with Gasteiger partial charge in [-0.3, -0.25) is 9.59 Å². The van der Waals surface area contributed by atoms with Crippen LogP contribution in [0.15, 0.2) is 63.8 Å². The topological polar surface area (TPSA) is 69.0 Å². The Labute approximate surface area is 233 Å². The molecular formula is C33H34FNO5. The van der Waals surface area contributed by atoms with E-state index in [0.717, 1.165) is 36.0 Å². The summed E-state index contributed by atoms with van der Waals surface area (Å²) in [4.78, 5) is 29.4. The summed E-state index contributed by atoms with van der Waals surface area (Å²) in [6, 6.07) is 14.4. The van der Waals surface area contributed by atoms with Gasteiger partial charge in [0.1, 0.15) is 11.4 Å². The second kappa shape index (κ2) is 11.5. The average Bonchev–Trinajstić information content (AvgIpc) is 3.21. The molecular weight excluding hydrogens is 509 g/mol. The summed E-state index contributed by atoms with van der Waals surface area (Å²) in [5, 5.41) is 0.434. The van der Waals surface area contributed by atoms with Gasteiger partial charge in [-0.05, 0) is 85.8 Å². The van der Waals surface area contributed by atoms with Gasteiger partial charge in [0.05, 0.1) is 30.2 Å². The Hall–Kier alpha value is -4.13. The molecule has 6 nitrogen and oxygen atoms in total. The number of rotatable bonds is 10. The van der Waals surface area contributed by atoms with E-state index in [1.807, 2.05) is 45.0 Å². The van der Waals surface area contributed by atoms with Crippen molar-refractivity contribution in [2.75, 3.05) is 13.2 Å². The van der Waals surface area contributed by atoms with Crippen molar-refractivity contribution in [2.24, 2.45) is 0 Å². The zero-order valence-corrected chi connectivity index (χ0v) is 23.4. The molecule has 1 aromatic heterocycles. The second-order valence-electron chi connectivity index (χ2n) is 10.3. The van der Waals surface area contributed by atoms with Gasteiger partial charge in [0.25, 0.3) is 5.91 Å². The third-order valence-corrected chi connectivity index (χ3v) is 7.44. The van der Waals surface area contributed by atoms with Gasteiger partial charge in [-0.15, -0.1) is 0 Å². The highest BCUT2D eigenvalue weighted by molar-refractivity contribution is 5.99. The molecule has 3 aromatic carbocycles. The maximum atomic E-state index is 14.0. The van der Waals surface area contributed by atoms with Crippen LogP contribution in [-0.2, 0) is 6.54 Å². The van der Waals surface area contributed by atoms with E-state index in [1.54, 1.807) is 23.1 Å². The fourth-order valence-electron chi connectivity index (χ4n) is 5.19. The van der Waals surface area contributed by atoms with Crippen molar-refractivity contribution in [3.05, 3.63) is 104 Å². The van der Waals surface area contributed by atoms with Crippen LogP contribution in [0, 0.1) is 19.7 Å². The molecule has 4 aromatic rings. The summed E-state index contributed by atoms with van der Waals surface area (Å²) in [6.07, 6.45) is 3.10. The summed E-state index contributed by atoms with van der Waals surface area (Å²) < 4.78 is 31.7. The Morgan fingerprint density at radius 2 is 1.65 bits per heavy atom. The fourth-order valence-corrected chi connectivity index (χ4v) is 5.19. The van der Waals surface area contributed by atoms with Crippen LogP contribution in [0.4, 0.5) is 4.39 Å². The lowest BCUT2D eigenvalue weighted by molar-refractivity contribution is 0.0714. The van der Waals surface area contributed by atoms with Crippen molar-refractivity contribution in [1.82, 2.24) is 4.90 Å². The molecule has 0 radical (unpaired) electrons. The van der Waals surface area contributed by atoms with Crippen LogP contribution in [0.2, 0.25) is 0 Å². The van der Waals surface area contributed by atoms with E-state index < -0.39 is 6.04 Å². The molecule has 1 amide bonds. The highest BCUT2D eigenvalue weighted by Gasteiger charge is 2.43. The maximum absolute atomic E-state index is 14.0. The van der Waals surface area contributed by atoms with Crippen LogP contribution in [0.5, 0.6) is 11.5 Å². The number of hydrogen-bond acceptors (Lipinski definition) is 5. The predicted octanol–water partition coefficient (Wildman–Crippen LogP) is 7.26. The lowest BCUT2D eigenvalue weighted by Gasteiger charge is -2.26. The van der Waals surface area contributed by atoms with Crippen molar-refractivity contribution < 1.29 is 23.1 Å². The summed E-state index contributed by atoms with van der Waals surface area (Å²) in [5.74, 6) is 0.454. The Morgan fingerprint density at radius 3 is 2.38 bits per heavy atom. The summed E-state index contributed by atoms with van der Waals surface area (Å²) >= 11 is 0. The highest BCUT2D eigenvalue weighted by Crippen LogP contribution is 2.42. The molecule has 0 saturated carbocycles. The normalized spacial score (nSPS) is 14.6. The minimum Gasteiger partial charge on any atom is -0.490 e. The lowest BCUT2D eigenvalue weighted by atomic mass is 9.97. The standard InChI is InChI=1S/C33H34FNO5/c1-5-7-8-15-39-26-14-11-23(18-28(26)38-6-2)30-29-31(36)25-16-20(3)21(4)17-27(25)40-32(29)33(37)35(30)19-22-9-12-24(34)13-10-22/h9-14,16-18,30H,5-8,15,19H2,1-4H3. The number of benzene rings is 3. The summed E-state index contributed by atoms with van der Waals surface area (Å²) in [6.45, 7) is 9.09. The van der Waals surface area contributed by atoms with Gasteiger partial charge in [0.2, 0.25) is 5.76 Å². The van der Waals surface area contributed by atoms with Crippen LogP contribution >= 0.6 is 0 Å². The Kier molecular flexibility index (Phi) is 7.92. The summed E-state index contributed by atoms with van der Waals surface area (Å²) in [5.41, 5.74) is 3.81. The number of nitrogens with zero attached hydrogens (tertiary/aromatic N) is 1. The Bertz CT molecular complexity index is 1610. The predicted molar refractivity (Wildman–Crippen MR) is 153 cm³/mol. The van der Waals surface area contributed by atoms with Crippen LogP contribution in [-0.4, -0.2) is 24.0 Å². The third kappa shape index (κ3) is 5.20. The van der Waals surface area contributed by atoms with E-state index in [9.17, 15) is 14.0 Å². The monoisotopic (exact) mass is 543 g/mol.